The van der Waals surface area contributed by atoms with E-state index in [1.807, 2.05) is 0 Å². The molecule has 3 aromatic rings. The maximum Gasteiger partial charge on any atom is 0.335 e. The van der Waals surface area contributed by atoms with Gasteiger partial charge in [-0.15, -0.1) is 0 Å². The number of imide groups is 1. The molecule has 0 aliphatic carbocycles. The first-order valence-corrected chi connectivity index (χ1v) is 11.2. The number of hydrogen-bond acceptors (Lipinski definition) is 7. The highest BCUT2D eigenvalue weighted by molar-refractivity contribution is 8.18. The quantitative estimate of drug-likeness (QED) is 0.457. The number of furan rings is 1. The molecule has 1 aliphatic heterocycles. The Morgan fingerprint density at radius 3 is 2.51 bits per heavy atom. The number of ether oxygens (including phenoxy) is 1. The Labute approximate surface area is 204 Å². The third kappa shape index (κ3) is 5.28. The summed E-state index contributed by atoms with van der Waals surface area (Å²) in [6.45, 7) is 1.35. The summed E-state index contributed by atoms with van der Waals surface area (Å²) in [7, 11) is 1.53. The summed E-state index contributed by atoms with van der Waals surface area (Å²) in [5.41, 5.74) is 2.10. The van der Waals surface area contributed by atoms with Gasteiger partial charge in [0.1, 0.15) is 23.8 Å². The van der Waals surface area contributed by atoms with Crippen LogP contribution in [0.25, 0.3) is 17.4 Å². The molecular weight excluding hydrogens is 472 g/mol. The monoisotopic (exact) mass is 492 g/mol. The van der Waals surface area contributed by atoms with Gasteiger partial charge < -0.3 is 19.6 Å². The zero-order valence-corrected chi connectivity index (χ0v) is 19.5. The predicted octanol–water partition coefficient (Wildman–Crippen LogP) is 4.64. The fourth-order valence-electron chi connectivity index (χ4n) is 3.43. The predicted molar refractivity (Wildman–Crippen MR) is 130 cm³/mol. The van der Waals surface area contributed by atoms with Crippen molar-refractivity contribution in [2.75, 3.05) is 19.0 Å². The average Bonchev–Trinajstić information content (AvgIpc) is 3.39. The Morgan fingerprint density at radius 1 is 1.11 bits per heavy atom. The minimum Gasteiger partial charge on any atom is -0.497 e. The highest BCUT2D eigenvalue weighted by Gasteiger charge is 2.36. The van der Waals surface area contributed by atoms with Crippen molar-refractivity contribution in [1.29, 1.82) is 0 Å². The van der Waals surface area contributed by atoms with E-state index in [-0.39, 0.29) is 10.5 Å². The van der Waals surface area contributed by atoms with E-state index in [0.29, 0.717) is 34.1 Å². The summed E-state index contributed by atoms with van der Waals surface area (Å²) in [5, 5.41) is 11.2. The Morgan fingerprint density at radius 2 is 1.86 bits per heavy atom. The molecule has 0 atom stereocenters. The summed E-state index contributed by atoms with van der Waals surface area (Å²) < 4.78 is 10.9. The fraction of sp³-hybridized carbons (Fsp3) is 0.120. The Hall–Kier alpha value is -4.31. The van der Waals surface area contributed by atoms with Gasteiger partial charge in [0.05, 0.1) is 17.6 Å². The lowest BCUT2D eigenvalue weighted by Crippen LogP contribution is -2.36. The van der Waals surface area contributed by atoms with Gasteiger partial charge in [0.2, 0.25) is 5.91 Å². The molecule has 35 heavy (non-hydrogen) atoms. The van der Waals surface area contributed by atoms with E-state index in [9.17, 15) is 19.2 Å². The van der Waals surface area contributed by atoms with Crippen molar-refractivity contribution in [2.24, 2.45) is 0 Å². The molecule has 0 unspecified atom stereocenters. The second-order valence-electron chi connectivity index (χ2n) is 7.58. The van der Waals surface area contributed by atoms with Crippen LogP contribution in [0.5, 0.6) is 5.75 Å². The number of nitrogens with zero attached hydrogens (tertiary/aromatic N) is 1. The Bertz CT molecular complexity index is 1360. The molecule has 2 N–H and O–H groups in total. The van der Waals surface area contributed by atoms with Gasteiger partial charge in [0.25, 0.3) is 11.1 Å². The number of aryl methyl sites for hydroxylation is 1. The van der Waals surface area contributed by atoms with Gasteiger partial charge in [0, 0.05) is 17.3 Å². The molecule has 0 radical (unpaired) electrons. The molecule has 4 rings (SSSR count). The second kappa shape index (κ2) is 9.90. The number of hydrogen-bond donors (Lipinski definition) is 2. The highest BCUT2D eigenvalue weighted by atomic mass is 32.2. The smallest absolute Gasteiger partial charge is 0.335 e. The van der Waals surface area contributed by atoms with E-state index < -0.39 is 29.6 Å². The Kier molecular flexibility index (Phi) is 6.74. The van der Waals surface area contributed by atoms with Crippen LogP contribution in [0, 0.1) is 6.92 Å². The lowest BCUT2D eigenvalue weighted by Gasteiger charge is -2.12. The van der Waals surface area contributed by atoms with Crippen LogP contribution >= 0.6 is 11.8 Å². The number of nitrogens with one attached hydrogen (secondary N) is 1. The van der Waals surface area contributed by atoms with Crippen molar-refractivity contribution in [3.8, 4) is 17.1 Å². The summed E-state index contributed by atoms with van der Waals surface area (Å²) in [6, 6.07) is 14.7. The molecule has 0 spiro atoms. The number of methoxy groups -OCH3 is 1. The van der Waals surface area contributed by atoms with Crippen molar-refractivity contribution in [1.82, 2.24) is 4.90 Å². The van der Waals surface area contributed by atoms with Gasteiger partial charge in [-0.25, -0.2) is 4.79 Å². The lowest BCUT2D eigenvalue weighted by atomic mass is 10.0. The molecule has 1 fully saturated rings. The first-order valence-electron chi connectivity index (χ1n) is 10.4. The molecule has 9 nitrogen and oxygen atoms in total. The Balaban J connectivity index is 1.44. The summed E-state index contributed by atoms with van der Waals surface area (Å²) in [6.07, 6.45) is 1.44. The second-order valence-corrected chi connectivity index (χ2v) is 8.57. The average molecular weight is 493 g/mol. The third-order valence-electron chi connectivity index (χ3n) is 5.19. The zero-order chi connectivity index (χ0) is 25.1. The van der Waals surface area contributed by atoms with Crippen molar-refractivity contribution < 1.29 is 33.4 Å². The van der Waals surface area contributed by atoms with Gasteiger partial charge in [-0.2, -0.15) is 0 Å². The van der Waals surface area contributed by atoms with E-state index in [1.54, 1.807) is 55.5 Å². The number of carboxylic acids is 1. The van der Waals surface area contributed by atoms with Crippen LogP contribution in [-0.2, 0) is 9.59 Å². The van der Waals surface area contributed by atoms with Crippen LogP contribution in [0.4, 0.5) is 10.5 Å². The number of thioether (sulfide) groups is 1. The molecule has 0 bridgehead atoms. The molecule has 1 saturated heterocycles. The van der Waals surface area contributed by atoms with Crippen molar-refractivity contribution >= 4 is 46.5 Å². The molecular formula is C25H20N2O7S. The fourth-order valence-corrected chi connectivity index (χ4v) is 4.25. The minimum absolute atomic E-state index is 0.131. The van der Waals surface area contributed by atoms with Crippen LogP contribution in [-0.4, -0.2) is 46.7 Å². The van der Waals surface area contributed by atoms with E-state index >= 15 is 0 Å². The topological polar surface area (TPSA) is 126 Å². The minimum atomic E-state index is -1.02. The van der Waals surface area contributed by atoms with Crippen LogP contribution in [0.2, 0.25) is 0 Å². The maximum atomic E-state index is 12.7. The van der Waals surface area contributed by atoms with Gasteiger partial charge in [-0.1, -0.05) is 6.07 Å². The molecule has 10 heteroatoms. The van der Waals surface area contributed by atoms with Crippen LogP contribution in [0.3, 0.4) is 0 Å². The lowest BCUT2D eigenvalue weighted by molar-refractivity contribution is -0.127. The summed E-state index contributed by atoms with van der Waals surface area (Å²) in [4.78, 5) is 49.6. The number of benzene rings is 2. The standard InChI is InChI=1S/C25H20N2O7S/c1-14-11-15(24(30)31)3-9-19(14)20-10-8-18(34-20)12-21-23(29)27(25(32)35-21)13-22(28)26-16-4-6-17(33-2)7-5-16/h3-12H,13H2,1-2H3,(H,26,28)(H,30,31). The number of anilines is 1. The normalized spacial score (nSPS) is 14.5. The zero-order valence-electron chi connectivity index (χ0n) is 18.7. The van der Waals surface area contributed by atoms with E-state index in [2.05, 4.69) is 5.32 Å². The van der Waals surface area contributed by atoms with Crippen molar-refractivity contribution in [3.05, 3.63) is 76.4 Å². The first-order chi connectivity index (χ1) is 16.7. The summed E-state index contributed by atoms with van der Waals surface area (Å²) in [5.74, 6) is -0.663. The number of aromatic carboxylic acids is 1. The summed E-state index contributed by atoms with van der Waals surface area (Å²) >= 11 is 0.720. The molecule has 0 saturated carbocycles. The van der Waals surface area contributed by atoms with Gasteiger partial charge in [-0.3, -0.25) is 19.3 Å². The number of carbonyl (C=O) groups excluding carboxylic acids is 3. The molecule has 178 valence electrons. The number of carbonyl (C=O) groups is 4. The number of amides is 3. The van der Waals surface area contributed by atoms with Gasteiger partial charge >= 0.3 is 5.97 Å². The van der Waals surface area contributed by atoms with Crippen molar-refractivity contribution in [3.63, 3.8) is 0 Å². The highest BCUT2D eigenvalue weighted by Crippen LogP contribution is 2.34. The van der Waals surface area contributed by atoms with Crippen LogP contribution in [0.15, 0.2) is 63.9 Å². The molecule has 1 aromatic heterocycles. The van der Waals surface area contributed by atoms with Crippen LogP contribution in [0.1, 0.15) is 21.7 Å². The molecule has 1 aliphatic rings. The number of carboxylic acid groups (broad SMARTS) is 1. The van der Waals surface area contributed by atoms with Crippen LogP contribution < -0.4 is 10.1 Å². The largest absolute Gasteiger partial charge is 0.497 e. The SMILES string of the molecule is COc1ccc(NC(=O)CN2C(=O)SC(=Cc3ccc(-c4ccc(C(=O)O)cc4C)o3)C2=O)cc1. The maximum absolute atomic E-state index is 12.7. The van der Waals surface area contributed by atoms with E-state index in [1.165, 1.54) is 19.3 Å². The van der Waals surface area contributed by atoms with Gasteiger partial charge in [-0.05, 0) is 72.8 Å². The van der Waals surface area contributed by atoms with E-state index in [4.69, 9.17) is 14.3 Å². The first kappa shape index (κ1) is 23.8. The molecule has 2 heterocycles. The molecule has 3 amide bonds. The number of rotatable bonds is 7. The molecule has 2 aromatic carbocycles. The van der Waals surface area contributed by atoms with Gasteiger partial charge in [0.15, 0.2) is 0 Å². The third-order valence-corrected chi connectivity index (χ3v) is 6.10. The van der Waals surface area contributed by atoms with E-state index in [0.717, 1.165) is 16.7 Å². The van der Waals surface area contributed by atoms with Crippen molar-refractivity contribution in [2.45, 2.75) is 6.92 Å².